The van der Waals surface area contributed by atoms with Crippen LogP contribution in [-0.4, -0.2) is 28.4 Å². The Morgan fingerprint density at radius 2 is 1.96 bits per heavy atom. The fourth-order valence-electron chi connectivity index (χ4n) is 2.33. The molecule has 0 radical (unpaired) electrons. The molecule has 138 valence electrons. The number of nitrogens with zero attached hydrogens (tertiary/aromatic N) is 2. The molecule has 7 nitrogen and oxygen atoms in total. The van der Waals surface area contributed by atoms with Gasteiger partial charge in [-0.15, -0.1) is 10.2 Å². The van der Waals surface area contributed by atoms with Gasteiger partial charge in [0.2, 0.25) is 5.88 Å². The summed E-state index contributed by atoms with van der Waals surface area (Å²) >= 11 is 12.7. The molecule has 3 N–H and O–H groups in total. The first-order valence-corrected chi connectivity index (χ1v) is 9.50. The Morgan fingerprint density at radius 3 is 2.70 bits per heavy atom. The first-order valence-electron chi connectivity index (χ1n) is 7.54. The lowest BCUT2D eigenvalue weighted by molar-refractivity contribution is -0.117. The van der Waals surface area contributed by atoms with Crippen LogP contribution < -0.4 is 5.32 Å². The van der Waals surface area contributed by atoms with E-state index in [-0.39, 0.29) is 28.7 Å². The predicted octanol–water partition coefficient (Wildman–Crippen LogP) is 5.09. The summed E-state index contributed by atoms with van der Waals surface area (Å²) in [6.45, 7) is -0.357. The minimum atomic E-state index is -0.682. The third kappa shape index (κ3) is 4.37. The van der Waals surface area contributed by atoms with Crippen LogP contribution in [0.15, 0.2) is 55.6 Å². The molecule has 1 heterocycles. The highest BCUT2D eigenvalue weighted by atomic mass is 79.9. The molecular weight excluding hydrogens is 503 g/mol. The van der Waals surface area contributed by atoms with Crippen molar-refractivity contribution in [2.24, 2.45) is 10.2 Å². The molecule has 0 aliphatic rings. The standard InChI is InChI=1S/C17H11Br2ClN4O3/c18-8-5-10-14(11(19)6-8)22-17(27)15(10)24-23-13(25)7-21-16(26)9-3-1-2-4-12(9)20/h1-6,22,27H,7H2,(H,21,26). The number of amides is 2. The molecule has 27 heavy (non-hydrogen) atoms. The smallest absolute Gasteiger partial charge is 0.283 e. The van der Waals surface area contributed by atoms with Crippen LogP contribution >= 0.6 is 43.5 Å². The average molecular weight is 515 g/mol. The molecule has 0 atom stereocenters. The van der Waals surface area contributed by atoms with Crippen molar-refractivity contribution < 1.29 is 14.7 Å². The summed E-state index contributed by atoms with van der Waals surface area (Å²) in [5, 5.41) is 20.7. The van der Waals surface area contributed by atoms with Crippen LogP contribution in [-0.2, 0) is 4.79 Å². The number of carbonyl (C=O) groups excluding carboxylic acids is 2. The molecular formula is C17H11Br2ClN4O3. The molecule has 2 amide bonds. The molecule has 2 aromatic carbocycles. The number of benzene rings is 2. The minimum Gasteiger partial charge on any atom is -0.493 e. The summed E-state index contributed by atoms with van der Waals surface area (Å²) < 4.78 is 1.47. The van der Waals surface area contributed by atoms with Gasteiger partial charge in [-0.25, -0.2) is 0 Å². The van der Waals surface area contributed by atoms with E-state index in [2.05, 4.69) is 52.4 Å². The van der Waals surface area contributed by atoms with Crippen molar-refractivity contribution in [2.45, 2.75) is 0 Å². The summed E-state index contributed by atoms with van der Waals surface area (Å²) in [7, 11) is 0. The fourth-order valence-corrected chi connectivity index (χ4v) is 3.88. The molecule has 3 aromatic rings. The van der Waals surface area contributed by atoms with Crippen LogP contribution in [0.3, 0.4) is 0 Å². The van der Waals surface area contributed by atoms with Crippen LogP contribution in [0.25, 0.3) is 10.9 Å². The number of halogens is 3. The van der Waals surface area contributed by atoms with Crippen molar-refractivity contribution in [1.82, 2.24) is 10.3 Å². The molecule has 0 saturated heterocycles. The minimum absolute atomic E-state index is 0.123. The van der Waals surface area contributed by atoms with E-state index >= 15 is 0 Å². The number of aromatic amines is 1. The van der Waals surface area contributed by atoms with Crippen molar-refractivity contribution >= 4 is 71.9 Å². The van der Waals surface area contributed by atoms with Gasteiger partial charge in [-0.1, -0.05) is 39.7 Å². The first-order chi connectivity index (χ1) is 12.9. The third-order valence-corrected chi connectivity index (χ3v) is 4.97. The van der Waals surface area contributed by atoms with Crippen molar-refractivity contribution in [3.63, 3.8) is 0 Å². The molecule has 0 bridgehead atoms. The average Bonchev–Trinajstić information content (AvgIpc) is 2.94. The first kappa shape index (κ1) is 19.5. The van der Waals surface area contributed by atoms with Gasteiger partial charge >= 0.3 is 0 Å². The maximum Gasteiger partial charge on any atom is 0.283 e. The van der Waals surface area contributed by atoms with Gasteiger partial charge in [0.15, 0.2) is 5.69 Å². The number of hydrogen-bond acceptors (Lipinski definition) is 4. The van der Waals surface area contributed by atoms with E-state index in [0.717, 1.165) is 4.47 Å². The van der Waals surface area contributed by atoms with E-state index < -0.39 is 11.8 Å². The Bertz CT molecular complexity index is 1080. The number of nitrogens with one attached hydrogen (secondary N) is 2. The number of carbonyl (C=O) groups is 2. The number of H-pyrrole nitrogens is 1. The van der Waals surface area contributed by atoms with Gasteiger partial charge in [-0.2, -0.15) is 0 Å². The van der Waals surface area contributed by atoms with Crippen molar-refractivity contribution in [3.8, 4) is 5.88 Å². The summed E-state index contributed by atoms with van der Waals surface area (Å²) in [5.74, 6) is -1.40. The molecule has 3 rings (SSSR count). The third-order valence-electron chi connectivity index (χ3n) is 3.56. The second-order valence-electron chi connectivity index (χ2n) is 5.39. The SMILES string of the molecule is O=C(CNC(=O)c1ccccc1Cl)N=Nc1c(O)[nH]c2c(Br)cc(Br)cc12. The molecule has 0 saturated carbocycles. The quantitative estimate of drug-likeness (QED) is 0.422. The fraction of sp³-hybridized carbons (Fsp3) is 0.0588. The number of aromatic nitrogens is 1. The van der Waals surface area contributed by atoms with Gasteiger partial charge in [0.1, 0.15) is 6.54 Å². The van der Waals surface area contributed by atoms with Gasteiger partial charge in [0, 0.05) is 14.3 Å². The highest BCUT2D eigenvalue weighted by Crippen LogP contribution is 2.40. The Kier molecular flexibility index (Phi) is 5.93. The summed E-state index contributed by atoms with van der Waals surface area (Å²) in [6.07, 6.45) is 0. The molecule has 10 heteroatoms. The van der Waals surface area contributed by atoms with E-state index in [1.807, 2.05) is 0 Å². The molecule has 0 aliphatic heterocycles. The number of hydrogen-bond donors (Lipinski definition) is 3. The van der Waals surface area contributed by atoms with Gasteiger partial charge in [0.05, 0.1) is 16.1 Å². The van der Waals surface area contributed by atoms with Gasteiger partial charge in [-0.05, 0) is 40.2 Å². The second-order valence-corrected chi connectivity index (χ2v) is 7.57. The van der Waals surface area contributed by atoms with Gasteiger partial charge in [-0.3, -0.25) is 9.59 Å². The summed E-state index contributed by atoms with van der Waals surface area (Å²) in [5.41, 5.74) is 0.995. The zero-order chi connectivity index (χ0) is 19.6. The molecule has 0 spiro atoms. The number of azo groups is 1. The maximum absolute atomic E-state index is 12.0. The highest BCUT2D eigenvalue weighted by Gasteiger charge is 2.15. The van der Waals surface area contributed by atoms with Gasteiger partial charge < -0.3 is 15.4 Å². The summed E-state index contributed by atoms with van der Waals surface area (Å²) in [6, 6.07) is 10.0. The lowest BCUT2D eigenvalue weighted by Crippen LogP contribution is -2.28. The zero-order valence-electron chi connectivity index (χ0n) is 13.5. The van der Waals surface area contributed by atoms with E-state index in [1.165, 1.54) is 0 Å². The molecule has 0 unspecified atom stereocenters. The molecule has 0 fully saturated rings. The highest BCUT2D eigenvalue weighted by molar-refractivity contribution is 9.11. The molecule has 1 aromatic heterocycles. The van der Waals surface area contributed by atoms with E-state index in [1.54, 1.807) is 36.4 Å². The van der Waals surface area contributed by atoms with E-state index in [4.69, 9.17) is 11.6 Å². The monoisotopic (exact) mass is 512 g/mol. The largest absolute Gasteiger partial charge is 0.493 e. The number of fused-ring (bicyclic) bond motifs is 1. The van der Waals surface area contributed by atoms with Crippen LogP contribution in [0.1, 0.15) is 10.4 Å². The summed E-state index contributed by atoms with van der Waals surface area (Å²) in [4.78, 5) is 26.7. The lowest BCUT2D eigenvalue weighted by atomic mass is 10.2. The Morgan fingerprint density at radius 1 is 1.22 bits per heavy atom. The maximum atomic E-state index is 12.0. The van der Waals surface area contributed by atoms with E-state index in [0.29, 0.717) is 15.4 Å². The normalized spacial score (nSPS) is 11.2. The topological polar surface area (TPSA) is 107 Å². The number of aromatic hydroxyl groups is 1. The number of rotatable bonds is 4. The lowest BCUT2D eigenvalue weighted by Gasteiger charge is -2.03. The van der Waals surface area contributed by atoms with Crippen molar-refractivity contribution in [3.05, 3.63) is 55.9 Å². The van der Waals surface area contributed by atoms with Crippen molar-refractivity contribution in [1.29, 1.82) is 0 Å². The second kappa shape index (κ2) is 8.20. The Balaban J connectivity index is 1.72. The van der Waals surface area contributed by atoms with Crippen LogP contribution in [0, 0.1) is 0 Å². The zero-order valence-corrected chi connectivity index (χ0v) is 17.4. The Hall–Kier alpha value is -2.23. The molecule has 0 aliphatic carbocycles. The van der Waals surface area contributed by atoms with Crippen molar-refractivity contribution in [2.75, 3.05) is 6.54 Å². The Labute approximate surface area is 175 Å². The van der Waals surface area contributed by atoms with Gasteiger partial charge in [0.25, 0.3) is 11.8 Å². The van der Waals surface area contributed by atoms with Crippen LogP contribution in [0.4, 0.5) is 5.69 Å². The van der Waals surface area contributed by atoms with Crippen LogP contribution in [0.2, 0.25) is 5.02 Å². The van der Waals surface area contributed by atoms with E-state index in [9.17, 15) is 14.7 Å². The van der Waals surface area contributed by atoms with Crippen LogP contribution in [0.5, 0.6) is 5.88 Å². The predicted molar refractivity (Wildman–Crippen MR) is 109 cm³/mol.